The Morgan fingerprint density at radius 2 is 2.21 bits per heavy atom. The predicted octanol–water partition coefficient (Wildman–Crippen LogP) is 3.11. The zero-order chi connectivity index (χ0) is 10.3. The van der Waals surface area contributed by atoms with Crippen molar-refractivity contribution in [2.75, 3.05) is 0 Å². The highest BCUT2D eigenvalue weighted by Crippen LogP contribution is 2.35. The van der Waals surface area contributed by atoms with Crippen LogP contribution in [0.15, 0.2) is 16.6 Å². The largest absolute Gasteiger partial charge is 0.481 e. The van der Waals surface area contributed by atoms with Crippen molar-refractivity contribution in [3.8, 4) is 5.75 Å². The second-order valence-electron chi connectivity index (χ2n) is 3.48. The Morgan fingerprint density at radius 1 is 1.50 bits per heavy atom. The molecule has 74 valence electrons. The van der Waals surface area contributed by atoms with Crippen molar-refractivity contribution < 1.29 is 9.53 Å². The molecule has 1 aliphatic heterocycles. The second kappa shape index (κ2) is 3.39. The van der Waals surface area contributed by atoms with Crippen LogP contribution in [-0.2, 0) is 0 Å². The van der Waals surface area contributed by atoms with E-state index in [1.165, 1.54) is 0 Å². The van der Waals surface area contributed by atoms with E-state index in [9.17, 15) is 4.79 Å². The fourth-order valence-corrected chi connectivity index (χ4v) is 2.28. The van der Waals surface area contributed by atoms with Crippen LogP contribution in [-0.4, -0.2) is 11.9 Å². The predicted molar refractivity (Wildman–Crippen MR) is 57.9 cm³/mol. The van der Waals surface area contributed by atoms with Gasteiger partial charge in [0.2, 0.25) is 5.78 Å². The molecule has 2 rings (SSSR count). The van der Waals surface area contributed by atoms with Crippen molar-refractivity contribution in [1.29, 1.82) is 0 Å². The average Bonchev–Trinajstić information content (AvgIpc) is 2.44. The molecule has 0 saturated heterocycles. The van der Waals surface area contributed by atoms with Gasteiger partial charge in [-0.25, -0.2) is 0 Å². The van der Waals surface area contributed by atoms with Gasteiger partial charge in [-0.2, -0.15) is 0 Å². The van der Waals surface area contributed by atoms with Crippen LogP contribution in [0.4, 0.5) is 0 Å². The van der Waals surface area contributed by atoms with E-state index in [0.717, 1.165) is 22.2 Å². The molecule has 0 saturated carbocycles. The van der Waals surface area contributed by atoms with Crippen LogP contribution in [0.2, 0.25) is 0 Å². The molecule has 1 aromatic carbocycles. The molecule has 0 aliphatic carbocycles. The summed E-state index contributed by atoms with van der Waals surface area (Å²) in [6.07, 6.45) is 0.447. The molecule has 0 amide bonds. The van der Waals surface area contributed by atoms with Gasteiger partial charge in [-0.3, -0.25) is 4.79 Å². The van der Waals surface area contributed by atoms with Crippen molar-refractivity contribution in [3.05, 3.63) is 27.7 Å². The van der Waals surface area contributed by atoms with Crippen LogP contribution in [0.3, 0.4) is 0 Å². The molecule has 0 radical (unpaired) electrons. The van der Waals surface area contributed by atoms with Gasteiger partial charge in [0.1, 0.15) is 5.75 Å². The van der Waals surface area contributed by atoms with Crippen molar-refractivity contribution >= 4 is 21.7 Å². The number of carbonyl (C=O) groups excluding carboxylic acids is 1. The van der Waals surface area contributed by atoms with Crippen molar-refractivity contribution in [3.63, 3.8) is 0 Å². The molecule has 0 spiro atoms. The van der Waals surface area contributed by atoms with Crippen LogP contribution in [0.25, 0.3) is 0 Å². The van der Waals surface area contributed by atoms with Gasteiger partial charge in [0, 0.05) is 4.47 Å². The number of benzene rings is 1. The molecule has 0 N–H and O–H groups in total. The Labute approximate surface area is 91.4 Å². The minimum Gasteiger partial charge on any atom is -0.481 e. The molecule has 2 nitrogen and oxygen atoms in total. The monoisotopic (exact) mass is 254 g/mol. The van der Waals surface area contributed by atoms with E-state index in [0.29, 0.717) is 5.56 Å². The lowest BCUT2D eigenvalue weighted by molar-refractivity contribution is 0.0852. The van der Waals surface area contributed by atoms with Gasteiger partial charge in [-0.15, -0.1) is 0 Å². The number of ketones is 1. The van der Waals surface area contributed by atoms with Crippen LogP contribution in [0.5, 0.6) is 5.75 Å². The summed E-state index contributed by atoms with van der Waals surface area (Å²) in [7, 11) is 0. The van der Waals surface area contributed by atoms with Gasteiger partial charge in [0.25, 0.3) is 0 Å². The number of hydrogen-bond donors (Lipinski definition) is 0. The number of carbonyl (C=O) groups is 1. The maximum Gasteiger partial charge on any atom is 0.207 e. The number of aryl methyl sites for hydroxylation is 1. The van der Waals surface area contributed by atoms with E-state index in [-0.39, 0.29) is 11.9 Å². The minimum absolute atomic E-state index is 0.104. The molecule has 0 bridgehead atoms. The highest BCUT2D eigenvalue weighted by molar-refractivity contribution is 9.10. The van der Waals surface area contributed by atoms with Crippen LogP contribution in [0.1, 0.15) is 29.3 Å². The molecule has 1 heterocycles. The van der Waals surface area contributed by atoms with E-state index in [1.807, 2.05) is 26.0 Å². The van der Waals surface area contributed by atoms with Crippen molar-refractivity contribution in [1.82, 2.24) is 0 Å². The number of fused-ring (bicyclic) bond motifs is 1. The summed E-state index contributed by atoms with van der Waals surface area (Å²) in [5, 5.41) is 0. The SMILES string of the molecule is CCC1Oc2c(C)cc(Br)cc2C1=O. The molecule has 0 aromatic heterocycles. The zero-order valence-corrected chi connectivity index (χ0v) is 9.72. The van der Waals surface area contributed by atoms with Crippen LogP contribution in [0, 0.1) is 6.92 Å². The summed E-state index contributed by atoms with van der Waals surface area (Å²) < 4.78 is 6.52. The molecule has 1 atom stereocenters. The maximum absolute atomic E-state index is 11.8. The van der Waals surface area contributed by atoms with Crippen LogP contribution < -0.4 is 4.74 Å². The average molecular weight is 255 g/mol. The summed E-state index contributed by atoms with van der Waals surface area (Å²) in [6, 6.07) is 3.80. The highest BCUT2D eigenvalue weighted by Gasteiger charge is 2.32. The summed E-state index contributed by atoms with van der Waals surface area (Å²) >= 11 is 3.38. The van der Waals surface area contributed by atoms with Crippen molar-refractivity contribution in [2.24, 2.45) is 0 Å². The molecule has 1 aromatic rings. The zero-order valence-electron chi connectivity index (χ0n) is 8.13. The van der Waals surface area contributed by atoms with E-state index in [2.05, 4.69) is 15.9 Å². The van der Waals surface area contributed by atoms with Crippen molar-refractivity contribution in [2.45, 2.75) is 26.4 Å². The molecular formula is C11H11BrO2. The van der Waals surface area contributed by atoms with E-state index in [4.69, 9.17) is 4.74 Å². The first-order valence-corrected chi connectivity index (χ1v) is 5.43. The molecule has 3 heteroatoms. The van der Waals surface area contributed by atoms with Gasteiger partial charge in [0.05, 0.1) is 5.56 Å². The second-order valence-corrected chi connectivity index (χ2v) is 4.39. The fraction of sp³-hybridized carbons (Fsp3) is 0.364. The minimum atomic E-state index is -0.280. The summed E-state index contributed by atoms with van der Waals surface area (Å²) in [5.74, 6) is 0.858. The Kier molecular flexibility index (Phi) is 2.35. The topological polar surface area (TPSA) is 26.3 Å². The third-order valence-corrected chi connectivity index (χ3v) is 2.89. The van der Waals surface area contributed by atoms with Gasteiger partial charge in [0.15, 0.2) is 6.10 Å². The summed E-state index contributed by atoms with van der Waals surface area (Å²) in [5.41, 5.74) is 1.72. The molecule has 1 unspecified atom stereocenters. The Morgan fingerprint density at radius 3 is 2.86 bits per heavy atom. The molecule has 14 heavy (non-hydrogen) atoms. The number of ether oxygens (including phenoxy) is 1. The van der Waals surface area contributed by atoms with E-state index >= 15 is 0 Å². The Balaban J connectivity index is 2.53. The van der Waals surface area contributed by atoms with Gasteiger partial charge >= 0.3 is 0 Å². The normalized spacial score (nSPS) is 19.4. The van der Waals surface area contributed by atoms with Crippen LogP contribution >= 0.6 is 15.9 Å². The number of hydrogen-bond acceptors (Lipinski definition) is 2. The van der Waals surface area contributed by atoms with Gasteiger partial charge in [-0.1, -0.05) is 22.9 Å². The standard InChI is InChI=1S/C11H11BrO2/c1-3-9-10(13)8-5-7(12)4-6(2)11(8)14-9/h4-5,9H,3H2,1-2H3. The van der Waals surface area contributed by atoms with Gasteiger partial charge in [-0.05, 0) is 31.0 Å². The summed E-state index contributed by atoms with van der Waals surface area (Å²) in [4.78, 5) is 11.8. The first-order chi connectivity index (χ1) is 6.63. The molecular weight excluding hydrogens is 244 g/mol. The van der Waals surface area contributed by atoms with E-state index < -0.39 is 0 Å². The van der Waals surface area contributed by atoms with Gasteiger partial charge < -0.3 is 4.74 Å². The quantitative estimate of drug-likeness (QED) is 0.770. The lowest BCUT2D eigenvalue weighted by atomic mass is 10.1. The van der Waals surface area contributed by atoms with E-state index in [1.54, 1.807) is 0 Å². The third-order valence-electron chi connectivity index (χ3n) is 2.43. The Hall–Kier alpha value is -0.830. The third kappa shape index (κ3) is 1.36. The first kappa shape index (κ1) is 9.71. The number of rotatable bonds is 1. The summed E-state index contributed by atoms with van der Waals surface area (Å²) in [6.45, 7) is 3.91. The molecule has 1 aliphatic rings. The lowest BCUT2D eigenvalue weighted by Crippen LogP contribution is -2.18. The Bertz CT molecular complexity index is 399. The number of Topliss-reactive ketones (excluding diaryl/α,β-unsaturated/α-hetero) is 1. The molecule has 0 fully saturated rings. The smallest absolute Gasteiger partial charge is 0.207 e. The lowest BCUT2D eigenvalue weighted by Gasteiger charge is -2.06. The fourth-order valence-electron chi connectivity index (χ4n) is 1.71. The maximum atomic E-state index is 11.8. The highest BCUT2D eigenvalue weighted by atomic mass is 79.9. The number of halogens is 1. The first-order valence-electron chi connectivity index (χ1n) is 4.64.